The lowest BCUT2D eigenvalue weighted by atomic mass is 10.1. The topological polar surface area (TPSA) is 75.4 Å². The molecule has 0 saturated carbocycles. The van der Waals surface area contributed by atoms with Crippen LogP contribution in [0.2, 0.25) is 0 Å². The molecule has 16 heavy (non-hydrogen) atoms. The van der Waals surface area contributed by atoms with Crippen molar-refractivity contribution >= 4 is 5.91 Å². The number of aryl methyl sites for hydroxylation is 1. The molecule has 0 aliphatic rings. The van der Waals surface area contributed by atoms with E-state index in [2.05, 4.69) is 5.32 Å². The zero-order valence-electron chi connectivity index (χ0n) is 9.49. The number of hydrogen-bond donors (Lipinski definition) is 3. The van der Waals surface area contributed by atoms with Gasteiger partial charge in [0.25, 0.3) is 5.91 Å². The number of unbranched alkanes of at least 4 members (excludes halogenated alkanes) is 1. The van der Waals surface area contributed by atoms with E-state index in [4.69, 9.17) is 5.73 Å². The van der Waals surface area contributed by atoms with E-state index in [0.717, 1.165) is 18.4 Å². The van der Waals surface area contributed by atoms with Crippen LogP contribution in [0.4, 0.5) is 0 Å². The summed E-state index contributed by atoms with van der Waals surface area (Å²) in [6, 6.07) is 5.01. The number of nitrogens with one attached hydrogen (secondary N) is 1. The van der Waals surface area contributed by atoms with Gasteiger partial charge in [-0.05, 0) is 44.0 Å². The number of rotatable bonds is 5. The number of benzene rings is 1. The average molecular weight is 222 g/mol. The molecule has 1 aromatic carbocycles. The van der Waals surface area contributed by atoms with Crippen LogP contribution in [-0.4, -0.2) is 24.1 Å². The van der Waals surface area contributed by atoms with Crippen molar-refractivity contribution in [2.75, 3.05) is 13.1 Å². The average Bonchev–Trinajstić information content (AvgIpc) is 2.24. The molecule has 0 fully saturated rings. The standard InChI is InChI=1S/C12H18N2O2/c1-9-4-5-10(11(15)8-9)12(16)14-7-3-2-6-13/h4-5,8,15H,2-3,6-7,13H2,1H3,(H,14,16). The maximum atomic E-state index is 11.6. The first kappa shape index (κ1) is 12.5. The van der Waals surface area contributed by atoms with Crippen molar-refractivity contribution in [1.82, 2.24) is 5.32 Å². The fourth-order valence-corrected chi connectivity index (χ4v) is 1.40. The third kappa shape index (κ3) is 3.55. The van der Waals surface area contributed by atoms with Crippen molar-refractivity contribution < 1.29 is 9.90 Å². The second kappa shape index (κ2) is 6.12. The van der Waals surface area contributed by atoms with E-state index in [-0.39, 0.29) is 11.7 Å². The quantitative estimate of drug-likeness (QED) is 0.655. The lowest BCUT2D eigenvalue weighted by molar-refractivity contribution is 0.0950. The number of phenols is 1. The number of amides is 1. The summed E-state index contributed by atoms with van der Waals surface area (Å²) in [5.41, 5.74) is 6.59. The predicted octanol–water partition coefficient (Wildman–Crippen LogP) is 1.17. The Kier molecular flexibility index (Phi) is 4.79. The zero-order chi connectivity index (χ0) is 12.0. The second-order valence-electron chi connectivity index (χ2n) is 3.77. The summed E-state index contributed by atoms with van der Waals surface area (Å²) in [5, 5.41) is 12.3. The van der Waals surface area contributed by atoms with E-state index >= 15 is 0 Å². The third-order valence-electron chi connectivity index (χ3n) is 2.31. The highest BCUT2D eigenvalue weighted by atomic mass is 16.3. The van der Waals surface area contributed by atoms with Crippen LogP contribution in [0, 0.1) is 6.92 Å². The molecule has 0 unspecified atom stereocenters. The molecule has 88 valence electrons. The van der Waals surface area contributed by atoms with Gasteiger partial charge in [-0.15, -0.1) is 0 Å². The summed E-state index contributed by atoms with van der Waals surface area (Å²) in [4.78, 5) is 11.6. The van der Waals surface area contributed by atoms with Gasteiger partial charge in [-0.2, -0.15) is 0 Å². The van der Waals surface area contributed by atoms with Gasteiger partial charge in [0.15, 0.2) is 0 Å². The Morgan fingerprint density at radius 3 is 2.81 bits per heavy atom. The number of carbonyl (C=O) groups excluding carboxylic acids is 1. The number of carbonyl (C=O) groups is 1. The van der Waals surface area contributed by atoms with Crippen LogP contribution in [0.1, 0.15) is 28.8 Å². The molecule has 1 amide bonds. The lowest BCUT2D eigenvalue weighted by Gasteiger charge is -2.06. The number of nitrogens with two attached hydrogens (primary N) is 1. The van der Waals surface area contributed by atoms with Gasteiger partial charge in [0.1, 0.15) is 5.75 Å². The molecule has 0 aromatic heterocycles. The molecule has 0 radical (unpaired) electrons. The molecule has 0 heterocycles. The van der Waals surface area contributed by atoms with Crippen molar-refractivity contribution in [2.24, 2.45) is 5.73 Å². The van der Waals surface area contributed by atoms with Crippen LogP contribution in [0.5, 0.6) is 5.75 Å². The minimum absolute atomic E-state index is 0.0244. The number of phenolic OH excluding ortho intramolecular Hbond substituents is 1. The highest BCUT2D eigenvalue weighted by Crippen LogP contribution is 2.17. The fraction of sp³-hybridized carbons (Fsp3) is 0.417. The van der Waals surface area contributed by atoms with Crippen LogP contribution < -0.4 is 11.1 Å². The van der Waals surface area contributed by atoms with E-state index < -0.39 is 0 Å². The summed E-state index contributed by atoms with van der Waals surface area (Å²) in [7, 11) is 0. The Balaban J connectivity index is 2.53. The van der Waals surface area contributed by atoms with E-state index in [1.54, 1.807) is 18.2 Å². The van der Waals surface area contributed by atoms with Gasteiger partial charge in [-0.3, -0.25) is 4.79 Å². The molecule has 1 rings (SSSR count). The molecule has 4 N–H and O–H groups in total. The Hall–Kier alpha value is -1.55. The van der Waals surface area contributed by atoms with Crippen molar-refractivity contribution in [3.8, 4) is 5.75 Å². The first-order valence-corrected chi connectivity index (χ1v) is 5.43. The SMILES string of the molecule is Cc1ccc(C(=O)NCCCCN)c(O)c1. The van der Waals surface area contributed by atoms with Crippen LogP contribution in [-0.2, 0) is 0 Å². The van der Waals surface area contributed by atoms with Crippen LogP contribution in [0.25, 0.3) is 0 Å². The van der Waals surface area contributed by atoms with Crippen molar-refractivity contribution in [3.63, 3.8) is 0 Å². The summed E-state index contributed by atoms with van der Waals surface area (Å²) in [6.07, 6.45) is 1.75. The Morgan fingerprint density at radius 2 is 2.19 bits per heavy atom. The molecule has 0 aliphatic heterocycles. The maximum Gasteiger partial charge on any atom is 0.255 e. The Morgan fingerprint density at radius 1 is 1.44 bits per heavy atom. The van der Waals surface area contributed by atoms with Gasteiger partial charge in [0.05, 0.1) is 5.56 Å². The minimum atomic E-state index is -0.241. The first-order valence-electron chi connectivity index (χ1n) is 5.43. The number of aromatic hydroxyl groups is 1. The van der Waals surface area contributed by atoms with Crippen molar-refractivity contribution in [1.29, 1.82) is 0 Å². The van der Waals surface area contributed by atoms with E-state index in [1.165, 1.54) is 0 Å². The molecule has 0 atom stereocenters. The molecule has 0 saturated heterocycles. The molecule has 0 spiro atoms. The Labute approximate surface area is 95.5 Å². The first-order chi connectivity index (χ1) is 7.65. The smallest absolute Gasteiger partial charge is 0.255 e. The zero-order valence-corrected chi connectivity index (χ0v) is 9.49. The Bertz CT molecular complexity index is 364. The van der Waals surface area contributed by atoms with Crippen LogP contribution in [0.3, 0.4) is 0 Å². The number of hydrogen-bond acceptors (Lipinski definition) is 3. The molecule has 0 bridgehead atoms. The molecular weight excluding hydrogens is 204 g/mol. The van der Waals surface area contributed by atoms with Gasteiger partial charge in [-0.1, -0.05) is 6.07 Å². The van der Waals surface area contributed by atoms with Gasteiger partial charge < -0.3 is 16.2 Å². The van der Waals surface area contributed by atoms with Gasteiger partial charge in [-0.25, -0.2) is 0 Å². The van der Waals surface area contributed by atoms with E-state index in [0.29, 0.717) is 18.7 Å². The van der Waals surface area contributed by atoms with Crippen LogP contribution in [0.15, 0.2) is 18.2 Å². The van der Waals surface area contributed by atoms with E-state index in [9.17, 15) is 9.90 Å². The fourth-order valence-electron chi connectivity index (χ4n) is 1.40. The van der Waals surface area contributed by atoms with Gasteiger partial charge >= 0.3 is 0 Å². The molecular formula is C12H18N2O2. The summed E-state index contributed by atoms with van der Waals surface area (Å²) in [5.74, 6) is -0.217. The van der Waals surface area contributed by atoms with Crippen molar-refractivity contribution in [2.45, 2.75) is 19.8 Å². The second-order valence-corrected chi connectivity index (χ2v) is 3.77. The lowest BCUT2D eigenvalue weighted by Crippen LogP contribution is -2.24. The molecule has 1 aromatic rings. The predicted molar refractivity (Wildman–Crippen MR) is 63.5 cm³/mol. The molecule has 4 heteroatoms. The molecule has 0 aliphatic carbocycles. The summed E-state index contributed by atoms with van der Waals surface area (Å²) >= 11 is 0. The van der Waals surface area contributed by atoms with Crippen LogP contribution >= 0.6 is 0 Å². The van der Waals surface area contributed by atoms with E-state index in [1.807, 2.05) is 6.92 Å². The highest BCUT2D eigenvalue weighted by molar-refractivity contribution is 5.96. The highest BCUT2D eigenvalue weighted by Gasteiger charge is 2.09. The molecule has 4 nitrogen and oxygen atoms in total. The maximum absolute atomic E-state index is 11.6. The van der Waals surface area contributed by atoms with Gasteiger partial charge in [0.2, 0.25) is 0 Å². The normalized spacial score (nSPS) is 10.1. The van der Waals surface area contributed by atoms with Gasteiger partial charge in [0, 0.05) is 6.54 Å². The largest absolute Gasteiger partial charge is 0.507 e. The summed E-state index contributed by atoms with van der Waals surface area (Å²) in [6.45, 7) is 3.08. The minimum Gasteiger partial charge on any atom is -0.507 e. The summed E-state index contributed by atoms with van der Waals surface area (Å²) < 4.78 is 0. The van der Waals surface area contributed by atoms with Crippen molar-refractivity contribution in [3.05, 3.63) is 29.3 Å². The monoisotopic (exact) mass is 222 g/mol. The third-order valence-corrected chi connectivity index (χ3v) is 2.31.